The lowest BCUT2D eigenvalue weighted by molar-refractivity contribution is -0.384. The van der Waals surface area contributed by atoms with Gasteiger partial charge in [0.25, 0.3) is 15.7 Å². The van der Waals surface area contributed by atoms with Crippen LogP contribution >= 0.6 is 0 Å². The van der Waals surface area contributed by atoms with Crippen molar-refractivity contribution in [1.29, 1.82) is 0 Å². The summed E-state index contributed by atoms with van der Waals surface area (Å²) in [5.74, 6) is -0.195. The highest BCUT2D eigenvalue weighted by Crippen LogP contribution is 2.28. The first-order valence-corrected chi connectivity index (χ1v) is 11.1. The monoisotopic (exact) mass is 455 g/mol. The average molecular weight is 455 g/mol. The second-order valence-electron chi connectivity index (χ2n) is 6.58. The van der Waals surface area contributed by atoms with Crippen molar-refractivity contribution < 1.29 is 22.9 Å². The largest absolute Gasteiger partial charge is 0.492 e. The summed E-state index contributed by atoms with van der Waals surface area (Å²) < 4.78 is 33.0. The van der Waals surface area contributed by atoms with Gasteiger partial charge >= 0.3 is 0 Å². The Kier molecular flexibility index (Phi) is 7.06. The zero-order valence-corrected chi connectivity index (χ0v) is 18.0. The van der Waals surface area contributed by atoms with Crippen molar-refractivity contribution in [2.45, 2.75) is 11.8 Å². The normalized spacial score (nSPS) is 10.9. The van der Waals surface area contributed by atoms with Gasteiger partial charge in [0.05, 0.1) is 27.8 Å². The van der Waals surface area contributed by atoms with Crippen LogP contribution in [0.15, 0.2) is 83.8 Å². The van der Waals surface area contributed by atoms with Crippen LogP contribution in [0.5, 0.6) is 5.75 Å². The molecule has 3 aromatic carbocycles. The molecular formula is C22H21N3O6S. The first kappa shape index (κ1) is 22.8. The predicted octanol–water partition coefficient (Wildman–Crippen LogP) is 3.83. The van der Waals surface area contributed by atoms with Crippen molar-refractivity contribution in [3.8, 4) is 5.75 Å². The molecule has 1 N–H and O–H groups in total. The van der Waals surface area contributed by atoms with Crippen LogP contribution in [0.2, 0.25) is 0 Å². The van der Waals surface area contributed by atoms with Crippen LogP contribution in [-0.2, 0) is 14.8 Å². The van der Waals surface area contributed by atoms with Gasteiger partial charge in [0.2, 0.25) is 5.91 Å². The van der Waals surface area contributed by atoms with Crippen molar-refractivity contribution >= 4 is 33.0 Å². The molecule has 0 heterocycles. The van der Waals surface area contributed by atoms with Crippen molar-refractivity contribution in [3.05, 3.63) is 89.0 Å². The molecule has 166 valence electrons. The van der Waals surface area contributed by atoms with Crippen LogP contribution < -0.4 is 14.4 Å². The Morgan fingerprint density at radius 1 is 1.03 bits per heavy atom. The van der Waals surface area contributed by atoms with Crippen molar-refractivity contribution in [2.75, 3.05) is 22.8 Å². The molecule has 0 aromatic heterocycles. The number of ether oxygens (including phenoxy) is 1. The molecule has 0 atom stereocenters. The van der Waals surface area contributed by atoms with E-state index in [1.54, 1.807) is 49.4 Å². The van der Waals surface area contributed by atoms with Gasteiger partial charge in [-0.3, -0.25) is 19.2 Å². The summed E-state index contributed by atoms with van der Waals surface area (Å²) in [6.45, 7) is 1.59. The number of nitro groups is 1. The third kappa shape index (κ3) is 5.22. The summed E-state index contributed by atoms with van der Waals surface area (Å²) in [7, 11) is -4.19. The van der Waals surface area contributed by atoms with Gasteiger partial charge in [0, 0.05) is 12.1 Å². The first-order chi connectivity index (χ1) is 15.3. The molecular weight excluding hydrogens is 434 g/mol. The minimum atomic E-state index is -4.19. The number of anilines is 2. The lowest BCUT2D eigenvalue weighted by Gasteiger charge is -2.24. The van der Waals surface area contributed by atoms with E-state index in [2.05, 4.69) is 5.32 Å². The second kappa shape index (κ2) is 9.92. The Morgan fingerprint density at radius 2 is 1.72 bits per heavy atom. The molecule has 0 saturated carbocycles. The van der Waals surface area contributed by atoms with E-state index in [-0.39, 0.29) is 16.3 Å². The predicted molar refractivity (Wildman–Crippen MR) is 120 cm³/mol. The molecule has 0 saturated heterocycles. The SMILES string of the molecule is CCOc1ccccc1NC(=O)CN(c1cccc([N+](=O)[O-])c1)S(=O)(=O)c1ccccc1. The van der Waals surface area contributed by atoms with Crippen molar-refractivity contribution in [1.82, 2.24) is 0 Å². The quantitative estimate of drug-likeness (QED) is 0.387. The first-order valence-electron chi connectivity index (χ1n) is 9.67. The summed E-state index contributed by atoms with van der Waals surface area (Å²) in [6, 6.07) is 19.4. The number of amides is 1. The Hall–Kier alpha value is -3.92. The fourth-order valence-electron chi connectivity index (χ4n) is 2.97. The molecule has 3 rings (SSSR count). The number of hydrogen-bond donors (Lipinski definition) is 1. The number of sulfonamides is 1. The van der Waals surface area contributed by atoms with Crippen LogP contribution in [0.25, 0.3) is 0 Å². The molecule has 10 heteroatoms. The Labute approximate surface area is 185 Å². The van der Waals surface area contributed by atoms with Crippen molar-refractivity contribution in [3.63, 3.8) is 0 Å². The standard InChI is InChI=1S/C22H21N3O6S/c1-2-31-21-14-7-6-13-20(21)23-22(26)16-24(17-9-8-10-18(15-17)25(27)28)32(29,30)19-11-4-3-5-12-19/h3-15H,2,16H2,1H3,(H,23,26). The molecule has 9 nitrogen and oxygen atoms in total. The smallest absolute Gasteiger partial charge is 0.271 e. The number of carbonyl (C=O) groups is 1. The number of non-ortho nitro benzene ring substituents is 1. The molecule has 0 aliphatic carbocycles. The van der Waals surface area contributed by atoms with E-state index >= 15 is 0 Å². The van der Waals surface area contributed by atoms with Crippen LogP contribution in [0.1, 0.15) is 6.92 Å². The fraction of sp³-hybridized carbons (Fsp3) is 0.136. The lowest BCUT2D eigenvalue weighted by atomic mass is 10.2. The average Bonchev–Trinajstić information content (AvgIpc) is 2.79. The Balaban J connectivity index is 1.97. The fourth-order valence-corrected chi connectivity index (χ4v) is 4.40. The van der Waals surface area contributed by atoms with E-state index in [0.29, 0.717) is 18.0 Å². The Morgan fingerprint density at radius 3 is 2.41 bits per heavy atom. The zero-order valence-electron chi connectivity index (χ0n) is 17.2. The van der Waals surface area contributed by atoms with Crippen molar-refractivity contribution in [2.24, 2.45) is 0 Å². The molecule has 0 aliphatic rings. The van der Waals surface area contributed by atoms with E-state index in [1.165, 1.54) is 30.3 Å². The van der Waals surface area contributed by atoms with Gasteiger partial charge in [0.15, 0.2) is 0 Å². The molecule has 0 unspecified atom stereocenters. The van der Waals surface area contributed by atoms with Gasteiger partial charge in [-0.15, -0.1) is 0 Å². The maximum Gasteiger partial charge on any atom is 0.271 e. The minimum Gasteiger partial charge on any atom is -0.492 e. The third-order valence-corrected chi connectivity index (χ3v) is 6.20. The maximum atomic E-state index is 13.3. The molecule has 0 radical (unpaired) electrons. The van der Waals surface area contributed by atoms with Crippen LogP contribution in [0.3, 0.4) is 0 Å². The zero-order chi connectivity index (χ0) is 23.1. The lowest BCUT2D eigenvalue weighted by Crippen LogP contribution is -2.38. The summed E-state index contributed by atoms with van der Waals surface area (Å²) in [4.78, 5) is 23.4. The minimum absolute atomic E-state index is 0.00343. The highest BCUT2D eigenvalue weighted by molar-refractivity contribution is 7.92. The Bertz CT molecular complexity index is 1220. The number of rotatable bonds is 9. The number of para-hydroxylation sites is 2. The van der Waals surface area contributed by atoms with Gasteiger partial charge in [-0.25, -0.2) is 8.42 Å². The summed E-state index contributed by atoms with van der Waals surface area (Å²) >= 11 is 0. The van der Waals surface area contributed by atoms with E-state index in [4.69, 9.17) is 4.74 Å². The molecule has 0 fully saturated rings. The highest BCUT2D eigenvalue weighted by atomic mass is 32.2. The second-order valence-corrected chi connectivity index (χ2v) is 8.44. The van der Waals surface area contributed by atoms with E-state index in [0.717, 1.165) is 10.4 Å². The van der Waals surface area contributed by atoms with Gasteiger partial charge < -0.3 is 10.1 Å². The molecule has 0 bridgehead atoms. The van der Waals surface area contributed by atoms with Crippen LogP contribution in [-0.4, -0.2) is 32.4 Å². The molecule has 3 aromatic rings. The molecule has 1 amide bonds. The number of nitro benzene ring substituents is 1. The van der Waals surface area contributed by atoms with Crippen LogP contribution in [0.4, 0.5) is 17.1 Å². The number of benzene rings is 3. The van der Waals surface area contributed by atoms with E-state index in [1.807, 2.05) is 0 Å². The molecule has 0 spiro atoms. The number of nitrogens with one attached hydrogen (secondary N) is 1. The maximum absolute atomic E-state index is 13.3. The highest BCUT2D eigenvalue weighted by Gasteiger charge is 2.28. The molecule has 32 heavy (non-hydrogen) atoms. The third-order valence-electron chi connectivity index (χ3n) is 4.41. The summed E-state index contributed by atoms with van der Waals surface area (Å²) in [6.07, 6.45) is 0. The van der Waals surface area contributed by atoms with Gasteiger partial charge in [-0.05, 0) is 37.3 Å². The molecule has 0 aliphatic heterocycles. The number of hydrogen-bond acceptors (Lipinski definition) is 6. The number of nitrogens with zero attached hydrogens (tertiary/aromatic N) is 2. The van der Waals surface area contributed by atoms with Gasteiger partial charge in [-0.1, -0.05) is 36.4 Å². The van der Waals surface area contributed by atoms with Gasteiger partial charge in [-0.2, -0.15) is 0 Å². The van der Waals surface area contributed by atoms with Gasteiger partial charge in [0.1, 0.15) is 12.3 Å². The number of carbonyl (C=O) groups excluding carboxylic acids is 1. The van der Waals surface area contributed by atoms with E-state index < -0.39 is 27.4 Å². The summed E-state index contributed by atoms with van der Waals surface area (Å²) in [5.41, 5.74) is 0.0876. The summed E-state index contributed by atoms with van der Waals surface area (Å²) in [5, 5.41) is 13.9. The van der Waals surface area contributed by atoms with E-state index in [9.17, 15) is 23.3 Å². The van der Waals surface area contributed by atoms with Crippen LogP contribution in [0, 0.1) is 10.1 Å². The topological polar surface area (TPSA) is 119 Å².